The molecular formula is C15H24N6O2S. The third-order valence-electron chi connectivity index (χ3n) is 4.47. The Morgan fingerprint density at radius 3 is 2.42 bits per heavy atom. The van der Waals surface area contributed by atoms with Gasteiger partial charge in [-0.25, -0.2) is 9.50 Å². The van der Waals surface area contributed by atoms with Gasteiger partial charge in [0.2, 0.25) is 0 Å². The quantitative estimate of drug-likeness (QED) is 0.813. The topological polar surface area (TPSA) is 74.1 Å². The highest BCUT2D eigenvalue weighted by Gasteiger charge is 2.31. The molecule has 8 nitrogen and oxygen atoms in total. The molecule has 2 aromatic rings. The summed E-state index contributed by atoms with van der Waals surface area (Å²) >= 11 is 0. The van der Waals surface area contributed by atoms with Crippen molar-refractivity contribution in [1.82, 2.24) is 23.2 Å². The molecule has 0 amide bonds. The van der Waals surface area contributed by atoms with E-state index in [-0.39, 0.29) is 5.92 Å². The fourth-order valence-electron chi connectivity index (χ4n) is 3.07. The molecular weight excluding hydrogens is 328 g/mol. The molecule has 0 aliphatic carbocycles. The zero-order valence-corrected chi connectivity index (χ0v) is 15.4. The molecule has 2 aromatic heterocycles. The van der Waals surface area contributed by atoms with Crippen LogP contribution in [0.5, 0.6) is 0 Å². The summed E-state index contributed by atoms with van der Waals surface area (Å²) in [4.78, 5) is 6.78. The van der Waals surface area contributed by atoms with Crippen molar-refractivity contribution >= 4 is 21.5 Å². The van der Waals surface area contributed by atoms with E-state index in [0.717, 1.165) is 29.9 Å². The van der Waals surface area contributed by atoms with E-state index in [1.165, 1.54) is 4.31 Å². The molecule has 0 bridgehead atoms. The van der Waals surface area contributed by atoms with Crippen molar-refractivity contribution < 1.29 is 8.42 Å². The molecule has 1 fully saturated rings. The summed E-state index contributed by atoms with van der Waals surface area (Å²) in [5.41, 5.74) is 1.94. The highest BCUT2D eigenvalue weighted by molar-refractivity contribution is 7.86. The Kier molecular flexibility index (Phi) is 4.50. The van der Waals surface area contributed by atoms with Gasteiger partial charge in [-0.2, -0.15) is 22.1 Å². The van der Waals surface area contributed by atoms with Crippen molar-refractivity contribution in [2.75, 3.05) is 46.2 Å². The van der Waals surface area contributed by atoms with Crippen LogP contribution in [0.1, 0.15) is 24.5 Å². The number of aromatic nitrogens is 3. The fourth-order valence-corrected chi connectivity index (χ4v) is 4.20. The summed E-state index contributed by atoms with van der Waals surface area (Å²) in [6.07, 6.45) is 5.25. The highest BCUT2D eigenvalue weighted by Crippen LogP contribution is 2.30. The van der Waals surface area contributed by atoms with Gasteiger partial charge in [-0.15, -0.1) is 0 Å². The average Bonchev–Trinajstić information content (AvgIpc) is 3.02. The van der Waals surface area contributed by atoms with E-state index in [9.17, 15) is 8.42 Å². The monoisotopic (exact) mass is 352 g/mol. The first kappa shape index (κ1) is 17.1. The Labute approximate surface area is 142 Å². The Morgan fingerprint density at radius 1 is 1.17 bits per heavy atom. The number of hydrogen-bond donors (Lipinski definition) is 0. The highest BCUT2D eigenvalue weighted by atomic mass is 32.2. The summed E-state index contributed by atoms with van der Waals surface area (Å²) in [5, 5.41) is 4.33. The molecule has 1 aliphatic rings. The molecule has 9 heteroatoms. The van der Waals surface area contributed by atoms with Gasteiger partial charge in [0, 0.05) is 47.2 Å². The number of hydrogen-bond acceptors (Lipinski definition) is 5. The first-order valence-electron chi connectivity index (χ1n) is 8.00. The van der Waals surface area contributed by atoms with E-state index in [0.29, 0.717) is 13.1 Å². The van der Waals surface area contributed by atoms with Crippen molar-refractivity contribution in [2.45, 2.75) is 18.8 Å². The molecule has 132 valence electrons. The van der Waals surface area contributed by atoms with Crippen LogP contribution in [0, 0.1) is 0 Å². The zero-order valence-electron chi connectivity index (χ0n) is 14.5. The Balaban J connectivity index is 1.83. The van der Waals surface area contributed by atoms with Crippen molar-refractivity contribution in [3.05, 3.63) is 24.2 Å². The van der Waals surface area contributed by atoms with Gasteiger partial charge in [-0.3, -0.25) is 0 Å². The zero-order chi connectivity index (χ0) is 17.5. The average molecular weight is 352 g/mol. The van der Waals surface area contributed by atoms with Gasteiger partial charge in [0.25, 0.3) is 10.2 Å². The minimum absolute atomic E-state index is 0.242. The number of anilines is 1. The van der Waals surface area contributed by atoms with Crippen LogP contribution in [0.4, 0.5) is 5.82 Å². The van der Waals surface area contributed by atoms with Crippen LogP contribution in [0.25, 0.3) is 5.52 Å². The lowest BCUT2D eigenvalue weighted by molar-refractivity contribution is 0.299. The largest absolute Gasteiger partial charge is 0.361 e. The van der Waals surface area contributed by atoms with E-state index in [1.807, 2.05) is 35.8 Å². The van der Waals surface area contributed by atoms with Gasteiger partial charge in [0.1, 0.15) is 5.52 Å². The van der Waals surface area contributed by atoms with Gasteiger partial charge < -0.3 is 4.90 Å². The van der Waals surface area contributed by atoms with Crippen molar-refractivity contribution in [2.24, 2.45) is 0 Å². The lowest BCUT2D eigenvalue weighted by Crippen LogP contribution is -2.44. The van der Waals surface area contributed by atoms with Gasteiger partial charge in [-0.05, 0) is 18.9 Å². The van der Waals surface area contributed by atoms with Gasteiger partial charge in [-0.1, -0.05) is 0 Å². The Bertz CT molecular complexity index is 822. The summed E-state index contributed by atoms with van der Waals surface area (Å²) < 4.78 is 29.1. The second-order valence-corrected chi connectivity index (χ2v) is 8.65. The predicted octanol–water partition coefficient (Wildman–Crippen LogP) is 0.781. The molecule has 3 rings (SSSR count). The first-order chi connectivity index (χ1) is 11.3. The van der Waals surface area contributed by atoms with E-state index >= 15 is 0 Å². The molecule has 3 heterocycles. The number of fused-ring (bicyclic) bond motifs is 1. The molecule has 0 atom stereocenters. The van der Waals surface area contributed by atoms with Crippen LogP contribution in [0.3, 0.4) is 0 Å². The van der Waals surface area contributed by atoms with Crippen LogP contribution in [0.2, 0.25) is 0 Å². The molecule has 0 N–H and O–H groups in total. The van der Waals surface area contributed by atoms with Gasteiger partial charge >= 0.3 is 0 Å². The third kappa shape index (κ3) is 2.99. The van der Waals surface area contributed by atoms with Crippen LogP contribution >= 0.6 is 0 Å². The number of nitrogens with zero attached hydrogens (tertiary/aromatic N) is 6. The molecule has 0 spiro atoms. The maximum absolute atomic E-state index is 12.2. The number of rotatable bonds is 4. The smallest absolute Gasteiger partial charge is 0.281 e. The molecule has 0 unspecified atom stereocenters. The summed E-state index contributed by atoms with van der Waals surface area (Å²) in [6, 6.07) is 1.94. The molecule has 1 aliphatic heterocycles. The molecule has 1 saturated heterocycles. The van der Waals surface area contributed by atoms with Crippen LogP contribution < -0.4 is 4.90 Å². The second kappa shape index (κ2) is 6.30. The van der Waals surface area contributed by atoms with Gasteiger partial charge in [0.05, 0.1) is 18.1 Å². The Hall–Kier alpha value is -1.71. The number of piperidine rings is 1. The third-order valence-corrected chi connectivity index (χ3v) is 6.41. The second-order valence-electron chi connectivity index (χ2n) is 6.51. The normalized spacial score (nSPS) is 17.7. The van der Waals surface area contributed by atoms with Crippen LogP contribution in [-0.4, -0.2) is 72.9 Å². The van der Waals surface area contributed by atoms with E-state index < -0.39 is 10.2 Å². The molecule has 0 radical (unpaired) electrons. The first-order valence-corrected chi connectivity index (χ1v) is 9.39. The van der Waals surface area contributed by atoms with Gasteiger partial charge in [0.15, 0.2) is 5.82 Å². The minimum Gasteiger partial charge on any atom is -0.361 e. The molecule has 0 saturated carbocycles. The maximum atomic E-state index is 12.2. The van der Waals surface area contributed by atoms with Crippen LogP contribution in [-0.2, 0) is 10.2 Å². The lowest BCUT2D eigenvalue weighted by Gasteiger charge is -2.32. The van der Waals surface area contributed by atoms with Crippen molar-refractivity contribution in [3.8, 4) is 0 Å². The van der Waals surface area contributed by atoms with E-state index in [1.54, 1.807) is 24.6 Å². The van der Waals surface area contributed by atoms with Crippen molar-refractivity contribution in [1.29, 1.82) is 0 Å². The molecule has 0 aromatic carbocycles. The standard InChI is InChI=1S/C15H24N6O2S/c1-18(2)15-14-5-8-16-21(14)11-13(17-15)12-6-9-20(10-7-12)24(22,23)19(3)4/h5,8,11-12H,6-7,9-10H2,1-4H3. The fraction of sp³-hybridized carbons (Fsp3) is 0.600. The summed E-state index contributed by atoms with van der Waals surface area (Å²) in [5.74, 6) is 1.12. The summed E-state index contributed by atoms with van der Waals surface area (Å²) in [7, 11) is 3.73. The SMILES string of the molecule is CN(C)c1nc(C2CCN(S(=O)(=O)N(C)C)CC2)cn2nccc12. The van der Waals surface area contributed by atoms with E-state index in [4.69, 9.17) is 4.98 Å². The Morgan fingerprint density at radius 2 is 1.83 bits per heavy atom. The van der Waals surface area contributed by atoms with Crippen LogP contribution in [0.15, 0.2) is 18.5 Å². The van der Waals surface area contributed by atoms with Crippen molar-refractivity contribution in [3.63, 3.8) is 0 Å². The predicted molar refractivity (Wildman–Crippen MR) is 93.5 cm³/mol. The maximum Gasteiger partial charge on any atom is 0.281 e. The minimum atomic E-state index is -3.33. The lowest BCUT2D eigenvalue weighted by atomic mass is 9.95. The van der Waals surface area contributed by atoms with E-state index in [2.05, 4.69) is 5.10 Å². The summed E-state index contributed by atoms with van der Waals surface area (Å²) in [6.45, 7) is 1.03. The molecule has 24 heavy (non-hydrogen) atoms.